The Balaban J connectivity index is 1.48. The molecule has 1 saturated carbocycles. The zero-order valence-electron chi connectivity index (χ0n) is 16.7. The van der Waals surface area contributed by atoms with Crippen LogP contribution in [0.5, 0.6) is 0 Å². The summed E-state index contributed by atoms with van der Waals surface area (Å²) in [7, 11) is 0. The number of hydrogen-bond donors (Lipinski definition) is 2. The highest BCUT2D eigenvalue weighted by Crippen LogP contribution is 2.27. The van der Waals surface area contributed by atoms with Crippen molar-refractivity contribution in [2.75, 3.05) is 0 Å². The molecule has 29 heavy (non-hydrogen) atoms. The number of carbonyl (C=O) groups excluding carboxylic acids is 1. The molecule has 0 heterocycles. The summed E-state index contributed by atoms with van der Waals surface area (Å²) in [5.74, 6) is -0.0295. The molecule has 0 saturated heterocycles. The Morgan fingerprint density at radius 1 is 0.931 bits per heavy atom. The fourth-order valence-electron chi connectivity index (χ4n) is 4.40. The smallest absolute Gasteiger partial charge is 0.251 e. The number of benzene rings is 3. The average Bonchev–Trinajstić information content (AvgIpc) is 2.75. The van der Waals surface area contributed by atoms with E-state index in [9.17, 15) is 4.79 Å². The summed E-state index contributed by atoms with van der Waals surface area (Å²) in [6, 6.07) is 22.7. The van der Waals surface area contributed by atoms with Gasteiger partial charge in [-0.25, -0.2) is 0 Å². The van der Waals surface area contributed by atoms with Crippen LogP contribution >= 0.6 is 11.6 Å². The maximum Gasteiger partial charge on any atom is 0.251 e. The highest BCUT2D eigenvalue weighted by molar-refractivity contribution is 6.30. The number of rotatable bonds is 5. The first-order valence-corrected chi connectivity index (χ1v) is 10.8. The summed E-state index contributed by atoms with van der Waals surface area (Å²) < 4.78 is 0. The minimum atomic E-state index is -0.0295. The fraction of sp³-hybridized carbons (Fsp3) is 0.320. The molecule has 3 aromatic carbocycles. The van der Waals surface area contributed by atoms with Gasteiger partial charge in [-0.1, -0.05) is 66.9 Å². The number of hydrogen-bond acceptors (Lipinski definition) is 2. The largest absolute Gasteiger partial charge is 0.348 e. The number of halogens is 1. The third-order valence-corrected chi connectivity index (χ3v) is 6.19. The van der Waals surface area contributed by atoms with E-state index < -0.39 is 0 Å². The standard InChI is InChI=1S/C25H27ClN2O/c1-17(21-10-6-8-18-7-2-3-9-22(18)21)27-23-11-4-5-12-24(23)28-25(29)19-13-15-20(26)16-14-19/h2-3,6-10,13-17,23-24,27H,4-5,11-12H2,1H3,(H,28,29)/t17-,23-,24-/m1/s1. The van der Waals surface area contributed by atoms with Crippen molar-refractivity contribution in [1.82, 2.24) is 10.6 Å². The summed E-state index contributed by atoms with van der Waals surface area (Å²) in [5, 5.41) is 10.2. The molecule has 1 amide bonds. The normalized spacial score (nSPS) is 20.3. The first-order chi connectivity index (χ1) is 14.1. The van der Waals surface area contributed by atoms with Crippen LogP contribution in [0, 0.1) is 0 Å². The van der Waals surface area contributed by atoms with E-state index >= 15 is 0 Å². The Labute approximate surface area is 177 Å². The highest BCUT2D eigenvalue weighted by Gasteiger charge is 2.28. The van der Waals surface area contributed by atoms with Crippen molar-refractivity contribution >= 4 is 28.3 Å². The maximum absolute atomic E-state index is 12.7. The van der Waals surface area contributed by atoms with E-state index in [1.165, 1.54) is 22.8 Å². The van der Waals surface area contributed by atoms with Crippen LogP contribution in [-0.4, -0.2) is 18.0 Å². The van der Waals surface area contributed by atoms with Gasteiger partial charge in [0, 0.05) is 28.7 Å². The van der Waals surface area contributed by atoms with Crippen molar-refractivity contribution in [3.8, 4) is 0 Å². The molecule has 4 rings (SSSR count). The maximum atomic E-state index is 12.7. The van der Waals surface area contributed by atoms with Crippen molar-refractivity contribution < 1.29 is 4.79 Å². The molecular weight excluding hydrogens is 380 g/mol. The lowest BCUT2D eigenvalue weighted by Gasteiger charge is -2.35. The lowest BCUT2D eigenvalue weighted by atomic mass is 9.88. The van der Waals surface area contributed by atoms with Crippen LogP contribution in [0.3, 0.4) is 0 Å². The Kier molecular flexibility index (Phi) is 6.17. The van der Waals surface area contributed by atoms with Crippen LogP contribution in [0.15, 0.2) is 66.7 Å². The first-order valence-electron chi connectivity index (χ1n) is 10.4. The van der Waals surface area contributed by atoms with E-state index in [4.69, 9.17) is 11.6 Å². The molecule has 3 atom stereocenters. The Morgan fingerprint density at radius 3 is 2.41 bits per heavy atom. The molecule has 0 aromatic heterocycles. The van der Waals surface area contributed by atoms with E-state index in [0.717, 1.165) is 19.3 Å². The van der Waals surface area contributed by atoms with Crippen molar-refractivity contribution in [3.63, 3.8) is 0 Å². The van der Waals surface area contributed by atoms with E-state index in [1.807, 2.05) is 0 Å². The molecule has 1 aliphatic carbocycles. The molecule has 4 heteroatoms. The van der Waals surface area contributed by atoms with Crippen molar-refractivity contribution in [2.24, 2.45) is 0 Å². The van der Waals surface area contributed by atoms with Crippen LogP contribution in [0.2, 0.25) is 5.02 Å². The predicted octanol–water partition coefficient (Wildman–Crippen LogP) is 5.89. The molecule has 0 radical (unpaired) electrons. The monoisotopic (exact) mass is 406 g/mol. The van der Waals surface area contributed by atoms with Crippen molar-refractivity contribution in [2.45, 2.75) is 50.7 Å². The highest BCUT2D eigenvalue weighted by atomic mass is 35.5. The molecule has 1 fully saturated rings. The van der Waals surface area contributed by atoms with Gasteiger partial charge in [-0.3, -0.25) is 4.79 Å². The van der Waals surface area contributed by atoms with Crippen LogP contribution in [0.25, 0.3) is 10.8 Å². The van der Waals surface area contributed by atoms with E-state index in [0.29, 0.717) is 10.6 Å². The Bertz CT molecular complexity index is 980. The fourth-order valence-corrected chi connectivity index (χ4v) is 4.52. The molecule has 2 N–H and O–H groups in total. The first kappa shape index (κ1) is 19.9. The zero-order valence-corrected chi connectivity index (χ0v) is 17.5. The summed E-state index contributed by atoms with van der Waals surface area (Å²) in [5.41, 5.74) is 1.96. The van der Waals surface area contributed by atoms with Gasteiger partial charge < -0.3 is 10.6 Å². The van der Waals surface area contributed by atoms with Gasteiger partial charge in [0.2, 0.25) is 0 Å². The molecule has 3 aromatic rings. The SMILES string of the molecule is C[C@@H](N[C@@H]1CCCC[C@H]1NC(=O)c1ccc(Cl)cc1)c1cccc2ccccc12. The molecule has 150 valence electrons. The summed E-state index contributed by atoms with van der Waals surface area (Å²) in [6.45, 7) is 2.22. The van der Waals surface area contributed by atoms with Crippen LogP contribution < -0.4 is 10.6 Å². The summed E-state index contributed by atoms with van der Waals surface area (Å²) in [4.78, 5) is 12.7. The van der Waals surface area contributed by atoms with E-state index in [2.05, 4.69) is 60.0 Å². The van der Waals surface area contributed by atoms with Gasteiger partial charge in [0.15, 0.2) is 0 Å². The predicted molar refractivity (Wildman–Crippen MR) is 120 cm³/mol. The van der Waals surface area contributed by atoms with E-state index in [-0.39, 0.29) is 24.0 Å². The van der Waals surface area contributed by atoms with Gasteiger partial charge in [0.1, 0.15) is 0 Å². The lowest BCUT2D eigenvalue weighted by Crippen LogP contribution is -2.52. The van der Waals surface area contributed by atoms with Gasteiger partial charge in [-0.2, -0.15) is 0 Å². The zero-order chi connectivity index (χ0) is 20.2. The number of carbonyl (C=O) groups is 1. The molecule has 1 aliphatic rings. The number of nitrogens with one attached hydrogen (secondary N) is 2. The second-order valence-corrected chi connectivity index (χ2v) is 8.37. The Hall–Kier alpha value is -2.36. The van der Waals surface area contributed by atoms with Crippen LogP contribution in [0.1, 0.15) is 54.6 Å². The lowest BCUT2D eigenvalue weighted by molar-refractivity contribution is 0.0913. The third-order valence-electron chi connectivity index (χ3n) is 5.94. The topological polar surface area (TPSA) is 41.1 Å². The molecule has 0 aliphatic heterocycles. The minimum absolute atomic E-state index is 0.0295. The number of amides is 1. The Morgan fingerprint density at radius 2 is 1.62 bits per heavy atom. The average molecular weight is 407 g/mol. The molecule has 0 unspecified atom stereocenters. The third kappa shape index (κ3) is 4.63. The van der Waals surface area contributed by atoms with Gasteiger partial charge in [-0.05, 0) is 60.4 Å². The number of fused-ring (bicyclic) bond motifs is 1. The molecule has 3 nitrogen and oxygen atoms in total. The van der Waals surface area contributed by atoms with Crippen molar-refractivity contribution in [1.29, 1.82) is 0 Å². The van der Waals surface area contributed by atoms with Gasteiger partial charge >= 0.3 is 0 Å². The van der Waals surface area contributed by atoms with Gasteiger partial charge in [-0.15, -0.1) is 0 Å². The van der Waals surface area contributed by atoms with Crippen molar-refractivity contribution in [3.05, 3.63) is 82.9 Å². The molecular formula is C25H27ClN2O. The van der Waals surface area contributed by atoms with Crippen LogP contribution in [-0.2, 0) is 0 Å². The van der Waals surface area contributed by atoms with Crippen LogP contribution in [0.4, 0.5) is 0 Å². The summed E-state index contributed by atoms with van der Waals surface area (Å²) in [6.07, 6.45) is 4.40. The summed E-state index contributed by atoms with van der Waals surface area (Å²) >= 11 is 5.95. The quantitative estimate of drug-likeness (QED) is 0.555. The minimum Gasteiger partial charge on any atom is -0.348 e. The van der Waals surface area contributed by atoms with Gasteiger partial charge in [0.05, 0.1) is 0 Å². The molecule has 0 bridgehead atoms. The second-order valence-electron chi connectivity index (χ2n) is 7.93. The molecule has 0 spiro atoms. The van der Waals surface area contributed by atoms with E-state index in [1.54, 1.807) is 24.3 Å². The second kappa shape index (κ2) is 8.98. The van der Waals surface area contributed by atoms with Gasteiger partial charge in [0.25, 0.3) is 5.91 Å².